The number of halogens is 1. The van der Waals surface area contributed by atoms with Crippen LogP contribution in [0.3, 0.4) is 0 Å². The van der Waals surface area contributed by atoms with Gasteiger partial charge < -0.3 is 5.73 Å². The second-order valence-electron chi connectivity index (χ2n) is 2.52. The summed E-state index contributed by atoms with van der Waals surface area (Å²) in [5, 5.41) is 0. The van der Waals surface area contributed by atoms with Crippen molar-refractivity contribution in [2.75, 3.05) is 0 Å². The fraction of sp³-hybridized carbons (Fsp3) is 0.286. The molecule has 1 unspecified atom stereocenters. The molecule has 1 amide bonds. The molecule has 13 heavy (non-hydrogen) atoms. The summed E-state index contributed by atoms with van der Waals surface area (Å²) in [7, 11) is 0. The van der Waals surface area contributed by atoms with Gasteiger partial charge in [-0.1, -0.05) is 0 Å². The Balaban J connectivity index is 2.58. The summed E-state index contributed by atoms with van der Waals surface area (Å²) < 4.78 is 1.01. The quantitative estimate of drug-likeness (QED) is 0.431. The van der Waals surface area contributed by atoms with Gasteiger partial charge in [-0.15, -0.1) is 11.3 Å². The standard InChI is InChI=1S/C7H10BrN3OS/c8-6-2-1-5(13-6)4(9)3-7(12)11-10/h1-2,4H,3,9-10H2,(H,11,12). The SMILES string of the molecule is NNC(=O)CC(N)c1ccc(Br)s1. The molecule has 1 heterocycles. The lowest BCUT2D eigenvalue weighted by Gasteiger charge is -2.07. The number of nitrogens with two attached hydrogens (primary N) is 2. The zero-order chi connectivity index (χ0) is 9.84. The van der Waals surface area contributed by atoms with Crippen LogP contribution in [-0.2, 0) is 4.79 Å². The minimum atomic E-state index is -0.278. The highest BCUT2D eigenvalue weighted by molar-refractivity contribution is 9.11. The molecular weight excluding hydrogens is 254 g/mol. The van der Waals surface area contributed by atoms with Crippen molar-refractivity contribution in [2.45, 2.75) is 12.5 Å². The molecule has 4 nitrogen and oxygen atoms in total. The molecular formula is C7H10BrN3OS. The first-order valence-electron chi connectivity index (χ1n) is 3.63. The third-order valence-electron chi connectivity index (χ3n) is 1.53. The molecule has 0 saturated carbocycles. The van der Waals surface area contributed by atoms with Gasteiger partial charge in [0.05, 0.1) is 3.79 Å². The molecule has 0 aliphatic rings. The second kappa shape index (κ2) is 4.71. The Kier molecular flexibility index (Phi) is 3.86. The molecule has 0 bridgehead atoms. The predicted octanol–water partition coefficient (Wildman–Crippen LogP) is 0.890. The maximum absolute atomic E-state index is 10.9. The maximum Gasteiger partial charge on any atom is 0.235 e. The van der Waals surface area contributed by atoms with Gasteiger partial charge in [-0.25, -0.2) is 5.84 Å². The van der Waals surface area contributed by atoms with Crippen molar-refractivity contribution in [1.82, 2.24) is 5.43 Å². The van der Waals surface area contributed by atoms with Crippen molar-refractivity contribution in [3.8, 4) is 0 Å². The van der Waals surface area contributed by atoms with Crippen LogP contribution >= 0.6 is 27.3 Å². The fourth-order valence-corrected chi connectivity index (χ4v) is 2.31. The van der Waals surface area contributed by atoms with Crippen LogP contribution in [0.5, 0.6) is 0 Å². The summed E-state index contributed by atoms with van der Waals surface area (Å²) >= 11 is 4.84. The molecule has 1 aromatic rings. The third kappa shape index (κ3) is 3.07. The third-order valence-corrected chi connectivity index (χ3v) is 3.28. The fourth-order valence-electron chi connectivity index (χ4n) is 0.887. The molecule has 0 fully saturated rings. The first-order chi connectivity index (χ1) is 6.13. The Morgan fingerprint density at radius 2 is 2.38 bits per heavy atom. The Hall–Kier alpha value is -0.430. The van der Waals surface area contributed by atoms with Gasteiger partial charge in [0.25, 0.3) is 0 Å². The van der Waals surface area contributed by atoms with Crippen molar-refractivity contribution >= 4 is 33.2 Å². The van der Waals surface area contributed by atoms with E-state index in [0.29, 0.717) is 0 Å². The summed E-state index contributed by atoms with van der Waals surface area (Å²) in [6.07, 6.45) is 0.212. The predicted molar refractivity (Wildman–Crippen MR) is 55.9 cm³/mol. The van der Waals surface area contributed by atoms with Gasteiger partial charge in [-0.05, 0) is 28.1 Å². The monoisotopic (exact) mass is 263 g/mol. The van der Waals surface area contributed by atoms with Crippen LogP contribution in [0.25, 0.3) is 0 Å². The molecule has 6 heteroatoms. The van der Waals surface area contributed by atoms with E-state index in [-0.39, 0.29) is 18.4 Å². The number of nitrogens with one attached hydrogen (secondary N) is 1. The lowest BCUT2D eigenvalue weighted by molar-refractivity contribution is -0.121. The zero-order valence-corrected chi connectivity index (χ0v) is 9.19. The molecule has 5 N–H and O–H groups in total. The van der Waals surface area contributed by atoms with E-state index in [1.54, 1.807) is 0 Å². The Morgan fingerprint density at radius 1 is 1.69 bits per heavy atom. The highest BCUT2D eigenvalue weighted by Gasteiger charge is 2.12. The lowest BCUT2D eigenvalue weighted by atomic mass is 10.2. The highest BCUT2D eigenvalue weighted by Crippen LogP contribution is 2.27. The lowest BCUT2D eigenvalue weighted by Crippen LogP contribution is -2.32. The Labute approximate surface area is 88.4 Å². The van der Waals surface area contributed by atoms with Gasteiger partial charge in [0, 0.05) is 17.3 Å². The largest absolute Gasteiger partial charge is 0.323 e. The van der Waals surface area contributed by atoms with E-state index >= 15 is 0 Å². The van der Waals surface area contributed by atoms with Crippen LogP contribution in [0.2, 0.25) is 0 Å². The minimum absolute atomic E-state index is 0.212. The second-order valence-corrected chi connectivity index (χ2v) is 5.01. The van der Waals surface area contributed by atoms with Crippen molar-refractivity contribution in [3.63, 3.8) is 0 Å². The zero-order valence-electron chi connectivity index (χ0n) is 6.79. The molecule has 1 aromatic heterocycles. The van der Waals surface area contributed by atoms with Gasteiger partial charge >= 0.3 is 0 Å². The summed E-state index contributed by atoms with van der Waals surface area (Å²) in [5.74, 6) is 4.69. The van der Waals surface area contributed by atoms with Crippen molar-refractivity contribution in [2.24, 2.45) is 11.6 Å². The molecule has 72 valence electrons. The molecule has 0 radical (unpaired) electrons. The molecule has 0 saturated heterocycles. The van der Waals surface area contributed by atoms with Crippen molar-refractivity contribution < 1.29 is 4.79 Å². The first-order valence-corrected chi connectivity index (χ1v) is 5.24. The normalized spacial score (nSPS) is 12.5. The average Bonchev–Trinajstić information content (AvgIpc) is 2.51. The van der Waals surface area contributed by atoms with E-state index in [1.165, 1.54) is 11.3 Å². The minimum Gasteiger partial charge on any atom is -0.323 e. The van der Waals surface area contributed by atoms with E-state index in [0.717, 1.165) is 8.66 Å². The number of hydrogen-bond donors (Lipinski definition) is 3. The molecule has 0 aliphatic heterocycles. The van der Waals surface area contributed by atoms with E-state index in [1.807, 2.05) is 17.6 Å². The van der Waals surface area contributed by atoms with Gasteiger partial charge in [-0.3, -0.25) is 10.2 Å². The smallest absolute Gasteiger partial charge is 0.235 e. The van der Waals surface area contributed by atoms with Crippen LogP contribution in [0, 0.1) is 0 Å². The van der Waals surface area contributed by atoms with Crippen LogP contribution in [0.4, 0.5) is 0 Å². The average molecular weight is 264 g/mol. The molecule has 0 spiro atoms. The molecule has 0 aromatic carbocycles. The number of hydrogen-bond acceptors (Lipinski definition) is 4. The Bertz CT molecular complexity index is 302. The number of hydrazine groups is 1. The van der Waals surface area contributed by atoms with Crippen LogP contribution in [0.15, 0.2) is 15.9 Å². The van der Waals surface area contributed by atoms with Crippen LogP contribution < -0.4 is 17.0 Å². The molecule has 1 atom stereocenters. The van der Waals surface area contributed by atoms with Crippen molar-refractivity contribution in [3.05, 3.63) is 20.8 Å². The highest BCUT2D eigenvalue weighted by atomic mass is 79.9. The summed E-state index contributed by atoms with van der Waals surface area (Å²) in [6.45, 7) is 0. The van der Waals surface area contributed by atoms with Gasteiger partial charge in [0.15, 0.2) is 0 Å². The summed E-state index contributed by atoms with van der Waals surface area (Å²) in [6, 6.07) is 3.52. The van der Waals surface area contributed by atoms with Crippen LogP contribution in [0.1, 0.15) is 17.3 Å². The topological polar surface area (TPSA) is 81.1 Å². The number of amides is 1. The Morgan fingerprint density at radius 3 is 2.85 bits per heavy atom. The number of carbonyl (C=O) groups excluding carboxylic acids is 1. The summed E-state index contributed by atoms with van der Waals surface area (Å²) in [5.41, 5.74) is 7.80. The maximum atomic E-state index is 10.9. The van der Waals surface area contributed by atoms with E-state index in [2.05, 4.69) is 15.9 Å². The first kappa shape index (κ1) is 10.6. The molecule has 0 aliphatic carbocycles. The number of carbonyl (C=O) groups is 1. The van der Waals surface area contributed by atoms with E-state index in [9.17, 15) is 4.79 Å². The van der Waals surface area contributed by atoms with Crippen LogP contribution in [-0.4, -0.2) is 5.91 Å². The number of rotatable bonds is 3. The number of thiophene rings is 1. The van der Waals surface area contributed by atoms with Gasteiger partial charge in [-0.2, -0.15) is 0 Å². The van der Waals surface area contributed by atoms with Gasteiger partial charge in [0.2, 0.25) is 5.91 Å². The van der Waals surface area contributed by atoms with Gasteiger partial charge in [0.1, 0.15) is 0 Å². The van der Waals surface area contributed by atoms with Crippen molar-refractivity contribution in [1.29, 1.82) is 0 Å². The van der Waals surface area contributed by atoms with E-state index < -0.39 is 0 Å². The molecule has 1 rings (SSSR count). The van der Waals surface area contributed by atoms with E-state index in [4.69, 9.17) is 11.6 Å². The summed E-state index contributed by atoms with van der Waals surface area (Å²) in [4.78, 5) is 11.8.